The van der Waals surface area contributed by atoms with Gasteiger partial charge in [-0.15, -0.1) is 0 Å². The van der Waals surface area contributed by atoms with Gasteiger partial charge in [0, 0.05) is 0 Å². The molecule has 0 aromatic heterocycles. The van der Waals surface area contributed by atoms with Crippen molar-refractivity contribution < 1.29 is 0 Å². The fourth-order valence-corrected chi connectivity index (χ4v) is 4.72. The van der Waals surface area contributed by atoms with Crippen molar-refractivity contribution in [2.75, 3.05) is 0 Å². The molecule has 0 saturated heterocycles. The molecular weight excluding hydrogens is 192 g/mol. The van der Waals surface area contributed by atoms with E-state index in [2.05, 4.69) is 27.7 Å². The molecule has 0 heteroatoms. The number of hydrogen-bond donors (Lipinski definition) is 0. The van der Waals surface area contributed by atoms with Gasteiger partial charge in [-0.1, -0.05) is 40.5 Å². The summed E-state index contributed by atoms with van der Waals surface area (Å²) < 4.78 is 0. The zero-order valence-electron chi connectivity index (χ0n) is 11.7. The second-order valence-electron chi connectivity index (χ2n) is 7.01. The highest BCUT2D eigenvalue weighted by Gasteiger charge is 2.41. The van der Waals surface area contributed by atoms with Crippen molar-refractivity contribution in [3.05, 3.63) is 0 Å². The van der Waals surface area contributed by atoms with Gasteiger partial charge in [-0.25, -0.2) is 0 Å². The van der Waals surface area contributed by atoms with E-state index in [0.717, 1.165) is 35.5 Å². The molecule has 4 atom stereocenters. The lowest BCUT2D eigenvalue weighted by molar-refractivity contribution is 0.00954. The van der Waals surface area contributed by atoms with E-state index in [9.17, 15) is 0 Å². The van der Waals surface area contributed by atoms with Crippen molar-refractivity contribution in [2.24, 2.45) is 35.5 Å². The summed E-state index contributed by atoms with van der Waals surface area (Å²) in [5, 5.41) is 0. The van der Waals surface area contributed by atoms with Crippen LogP contribution < -0.4 is 0 Å². The predicted molar refractivity (Wildman–Crippen MR) is 71.3 cm³/mol. The highest BCUT2D eigenvalue weighted by Crippen LogP contribution is 2.50. The van der Waals surface area contributed by atoms with E-state index in [-0.39, 0.29) is 0 Å². The molecule has 0 aromatic rings. The van der Waals surface area contributed by atoms with E-state index < -0.39 is 0 Å². The van der Waals surface area contributed by atoms with Crippen LogP contribution in [0.3, 0.4) is 0 Å². The Morgan fingerprint density at radius 3 is 1.31 bits per heavy atom. The van der Waals surface area contributed by atoms with Gasteiger partial charge in [0.25, 0.3) is 0 Å². The minimum atomic E-state index is 0.915. The first-order valence-electron chi connectivity index (χ1n) is 7.61. The summed E-state index contributed by atoms with van der Waals surface area (Å²) in [5.74, 6) is 6.07. The smallest absolute Gasteiger partial charge is 0.0352 e. The Morgan fingerprint density at radius 1 is 0.625 bits per heavy atom. The Hall–Kier alpha value is 0. The van der Waals surface area contributed by atoms with Gasteiger partial charge in [-0.2, -0.15) is 0 Å². The summed E-state index contributed by atoms with van der Waals surface area (Å²) in [6.07, 6.45) is 9.13. The first-order valence-corrected chi connectivity index (χ1v) is 7.61. The zero-order chi connectivity index (χ0) is 11.7. The molecule has 2 unspecified atom stereocenters. The summed E-state index contributed by atoms with van der Waals surface area (Å²) in [6, 6.07) is 0. The zero-order valence-corrected chi connectivity index (χ0v) is 11.7. The molecule has 2 fully saturated rings. The Balaban J connectivity index is 2.11. The van der Waals surface area contributed by atoms with E-state index in [4.69, 9.17) is 0 Å². The van der Waals surface area contributed by atoms with E-state index in [0.29, 0.717) is 0 Å². The maximum Gasteiger partial charge on any atom is -0.0352 e. The van der Waals surface area contributed by atoms with Crippen LogP contribution in [0.4, 0.5) is 0 Å². The molecule has 0 bridgehead atoms. The van der Waals surface area contributed by atoms with E-state index >= 15 is 0 Å². The van der Waals surface area contributed by atoms with Gasteiger partial charge in [-0.3, -0.25) is 0 Å². The van der Waals surface area contributed by atoms with Gasteiger partial charge in [0.2, 0.25) is 0 Å². The lowest BCUT2D eigenvalue weighted by Gasteiger charge is -2.49. The van der Waals surface area contributed by atoms with Crippen LogP contribution >= 0.6 is 0 Å². The Morgan fingerprint density at radius 2 is 1.00 bits per heavy atom. The van der Waals surface area contributed by atoms with Crippen LogP contribution in [0.2, 0.25) is 0 Å². The molecule has 2 aliphatic carbocycles. The molecule has 0 nitrogen and oxygen atoms in total. The van der Waals surface area contributed by atoms with Gasteiger partial charge in [0.15, 0.2) is 0 Å². The maximum absolute atomic E-state index is 2.45. The molecule has 0 aliphatic heterocycles. The third kappa shape index (κ3) is 2.31. The molecule has 2 rings (SSSR count). The van der Waals surface area contributed by atoms with Crippen LogP contribution in [0.25, 0.3) is 0 Å². The van der Waals surface area contributed by atoms with E-state index in [1.807, 2.05) is 0 Å². The monoisotopic (exact) mass is 222 g/mol. The molecule has 0 spiro atoms. The van der Waals surface area contributed by atoms with Crippen LogP contribution in [0.5, 0.6) is 0 Å². The van der Waals surface area contributed by atoms with Crippen molar-refractivity contribution in [3.63, 3.8) is 0 Å². The van der Waals surface area contributed by atoms with Crippen molar-refractivity contribution in [1.82, 2.24) is 0 Å². The van der Waals surface area contributed by atoms with Crippen LogP contribution in [0, 0.1) is 35.5 Å². The summed E-state index contributed by atoms with van der Waals surface area (Å²) in [5.41, 5.74) is 0. The normalized spacial score (nSPS) is 40.1. The fourth-order valence-electron chi connectivity index (χ4n) is 4.72. The van der Waals surface area contributed by atoms with Crippen LogP contribution in [-0.4, -0.2) is 0 Å². The minimum absolute atomic E-state index is 0.915. The molecule has 0 amide bonds. The maximum atomic E-state index is 2.45. The van der Waals surface area contributed by atoms with Crippen molar-refractivity contribution >= 4 is 0 Å². The highest BCUT2D eigenvalue weighted by molar-refractivity contribution is 4.91. The standard InChI is InChI=1S/C16H30/c1-11(2)13-9-10-14(12(3)4)16-8-6-5-7-15(13)16/h11-16H,5-10H2,1-4H3/t13?,14?,15-,16-/m1/s1. The Labute approximate surface area is 102 Å². The largest absolute Gasteiger partial charge is 0.0625 e. The van der Waals surface area contributed by atoms with Crippen molar-refractivity contribution in [3.8, 4) is 0 Å². The molecule has 94 valence electrons. The van der Waals surface area contributed by atoms with Crippen LogP contribution in [-0.2, 0) is 0 Å². The number of fused-ring (bicyclic) bond motifs is 1. The Bertz CT molecular complexity index is 192. The van der Waals surface area contributed by atoms with Crippen LogP contribution in [0.1, 0.15) is 66.2 Å². The number of rotatable bonds is 2. The molecule has 16 heavy (non-hydrogen) atoms. The summed E-state index contributed by atoms with van der Waals surface area (Å²) in [6.45, 7) is 9.80. The SMILES string of the molecule is CC(C)C1CCC(C(C)C)[C@H]2CCCC[C@H]12. The third-order valence-corrected chi connectivity index (χ3v) is 5.52. The van der Waals surface area contributed by atoms with Gasteiger partial charge in [-0.05, 0) is 61.2 Å². The Kier molecular flexibility index (Phi) is 3.97. The summed E-state index contributed by atoms with van der Waals surface area (Å²) in [7, 11) is 0. The molecule has 0 radical (unpaired) electrons. The number of hydrogen-bond acceptors (Lipinski definition) is 0. The lowest BCUT2D eigenvalue weighted by Crippen LogP contribution is -2.40. The van der Waals surface area contributed by atoms with Gasteiger partial charge in [0.1, 0.15) is 0 Å². The second-order valence-corrected chi connectivity index (χ2v) is 7.01. The second kappa shape index (κ2) is 5.10. The first kappa shape index (κ1) is 12.5. The first-order chi connectivity index (χ1) is 7.61. The van der Waals surface area contributed by atoms with Gasteiger partial charge < -0.3 is 0 Å². The summed E-state index contributed by atoms with van der Waals surface area (Å²) >= 11 is 0. The summed E-state index contributed by atoms with van der Waals surface area (Å²) in [4.78, 5) is 0. The van der Waals surface area contributed by atoms with Crippen LogP contribution in [0.15, 0.2) is 0 Å². The van der Waals surface area contributed by atoms with E-state index in [1.165, 1.54) is 38.5 Å². The average Bonchev–Trinajstić information content (AvgIpc) is 2.27. The average molecular weight is 222 g/mol. The van der Waals surface area contributed by atoms with Gasteiger partial charge in [0.05, 0.1) is 0 Å². The van der Waals surface area contributed by atoms with E-state index in [1.54, 1.807) is 0 Å². The fraction of sp³-hybridized carbons (Fsp3) is 1.00. The van der Waals surface area contributed by atoms with Crippen molar-refractivity contribution in [1.29, 1.82) is 0 Å². The lowest BCUT2D eigenvalue weighted by atomic mass is 9.57. The van der Waals surface area contributed by atoms with Crippen molar-refractivity contribution in [2.45, 2.75) is 66.2 Å². The molecule has 0 heterocycles. The topological polar surface area (TPSA) is 0 Å². The minimum Gasteiger partial charge on any atom is -0.0625 e. The predicted octanol–water partition coefficient (Wildman–Crippen LogP) is 5.13. The highest BCUT2D eigenvalue weighted by atomic mass is 14.5. The molecular formula is C16H30. The quantitative estimate of drug-likeness (QED) is 0.607. The molecule has 2 saturated carbocycles. The molecule has 0 aromatic carbocycles. The molecule has 0 N–H and O–H groups in total. The van der Waals surface area contributed by atoms with Gasteiger partial charge >= 0.3 is 0 Å². The molecule has 2 aliphatic rings. The third-order valence-electron chi connectivity index (χ3n) is 5.52.